The first-order valence-electron chi connectivity index (χ1n) is 6.70. The van der Waals surface area contributed by atoms with Crippen LogP contribution in [0.25, 0.3) is 0 Å². The van der Waals surface area contributed by atoms with Gasteiger partial charge in [0.25, 0.3) is 5.91 Å². The molecule has 1 amide bonds. The Morgan fingerprint density at radius 2 is 2.10 bits per heavy atom. The van der Waals surface area contributed by atoms with Gasteiger partial charge in [-0.05, 0) is 25.8 Å². The molecule has 0 unspecified atom stereocenters. The van der Waals surface area contributed by atoms with Crippen molar-refractivity contribution in [1.29, 1.82) is 0 Å². The van der Waals surface area contributed by atoms with Gasteiger partial charge in [-0.2, -0.15) is 5.10 Å². The van der Waals surface area contributed by atoms with Gasteiger partial charge in [-0.1, -0.05) is 25.2 Å². The fourth-order valence-corrected chi connectivity index (χ4v) is 3.08. The number of carbonyl (C=O) groups is 1. The Kier molecular flexibility index (Phi) is 4.49. The lowest BCUT2D eigenvalue weighted by molar-refractivity contribution is 0.101. The van der Waals surface area contributed by atoms with Gasteiger partial charge >= 0.3 is 0 Å². The number of aromatic nitrogens is 4. The summed E-state index contributed by atoms with van der Waals surface area (Å²) in [6, 6.07) is 1.75. The largest absolute Gasteiger partial charge is 0.295 e. The number of nitrogens with zero attached hydrogens (tertiary/aromatic N) is 4. The van der Waals surface area contributed by atoms with E-state index in [0.717, 1.165) is 23.5 Å². The number of nitrogens with one attached hydrogen (secondary N) is 1. The van der Waals surface area contributed by atoms with Gasteiger partial charge in [0.05, 0.1) is 5.69 Å². The number of amides is 1. The topological polar surface area (TPSA) is 72.7 Å². The van der Waals surface area contributed by atoms with Crippen LogP contribution in [0, 0.1) is 6.92 Å². The smallest absolute Gasteiger partial charge is 0.275 e. The van der Waals surface area contributed by atoms with Crippen molar-refractivity contribution in [2.75, 3.05) is 5.32 Å². The lowest BCUT2D eigenvalue weighted by Crippen LogP contribution is -2.15. The van der Waals surface area contributed by atoms with Crippen molar-refractivity contribution < 1.29 is 4.79 Å². The summed E-state index contributed by atoms with van der Waals surface area (Å²) in [6.07, 6.45) is 2.06. The molecule has 1 N–H and O–H groups in total. The highest BCUT2D eigenvalue weighted by atomic mass is 32.1. The highest BCUT2D eigenvalue weighted by Gasteiger charge is 2.17. The minimum Gasteiger partial charge on any atom is -0.295 e. The zero-order valence-corrected chi connectivity index (χ0v) is 13.0. The number of carbonyl (C=O) groups excluding carboxylic acids is 1. The van der Waals surface area contributed by atoms with Crippen LogP contribution in [0.4, 0.5) is 5.13 Å². The monoisotopic (exact) mass is 293 g/mol. The van der Waals surface area contributed by atoms with Gasteiger partial charge in [0.2, 0.25) is 5.13 Å². The summed E-state index contributed by atoms with van der Waals surface area (Å²) in [7, 11) is 1.75. The third-order valence-corrected chi connectivity index (χ3v) is 4.23. The van der Waals surface area contributed by atoms with Crippen LogP contribution < -0.4 is 5.32 Å². The Bertz CT molecular complexity index is 600. The molecule has 6 nitrogen and oxygen atoms in total. The van der Waals surface area contributed by atoms with Crippen molar-refractivity contribution in [2.24, 2.45) is 7.05 Å². The van der Waals surface area contributed by atoms with Gasteiger partial charge in [0.1, 0.15) is 10.7 Å². The maximum absolute atomic E-state index is 12.1. The predicted molar refractivity (Wildman–Crippen MR) is 79.1 cm³/mol. The Morgan fingerprint density at radius 3 is 2.65 bits per heavy atom. The van der Waals surface area contributed by atoms with Crippen molar-refractivity contribution in [3.05, 3.63) is 22.5 Å². The van der Waals surface area contributed by atoms with E-state index in [9.17, 15) is 4.79 Å². The van der Waals surface area contributed by atoms with Crippen molar-refractivity contribution in [2.45, 2.75) is 39.5 Å². The van der Waals surface area contributed by atoms with Crippen molar-refractivity contribution in [3.63, 3.8) is 0 Å². The zero-order valence-electron chi connectivity index (χ0n) is 12.2. The van der Waals surface area contributed by atoms with E-state index in [2.05, 4.69) is 34.5 Å². The van der Waals surface area contributed by atoms with E-state index in [0.29, 0.717) is 16.7 Å². The molecular weight excluding hydrogens is 274 g/mol. The normalized spacial score (nSPS) is 11.1. The average Bonchev–Trinajstić information content (AvgIpc) is 2.98. The molecule has 20 heavy (non-hydrogen) atoms. The molecule has 0 radical (unpaired) electrons. The molecule has 2 heterocycles. The number of aryl methyl sites for hydroxylation is 2. The quantitative estimate of drug-likeness (QED) is 0.920. The molecule has 0 aliphatic heterocycles. The van der Waals surface area contributed by atoms with Crippen LogP contribution in [-0.4, -0.2) is 25.9 Å². The van der Waals surface area contributed by atoms with Gasteiger partial charge in [-0.15, -0.1) is 10.2 Å². The third kappa shape index (κ3) is 3.04. The molecule has 0 atom stereocenters. The molecule has 0 fully saturated rings. The molecule has 0 bridgehead atoms. The lowest BCUT2D eigenvalue weighted by Gasteiger charge is -2.05. The minimum atomic E-state index is -0.208. The predicted octanol–water partition coefficient (Wildman–Crippen LogP) is 2.74. The summed E-state index contributed by atoms with van der Waals surface area (Å²) in [5.41, 5.74) is 1.33. The highest BCUT2D eigenvalue weighted by molar-refractivity contribution is 7.15. The van der Waals surface area contributed by atoms with Gasteiger partial charge in [0, 0.05) is 13.0 Å². The van der Waals surface area contributed by atoms with Crippen molar-refractivity contribution in [3.8, 4) is 0 Å². The van der Waals surface area contributed by atoms with Gasteiger partial charge in [0.15, 0.2) is 0 Å². The zero-order chi connectivity index (χ0) is 14.7. The van der Waals surface area contributed by atoms with Crippen LogP contribution in [0.5, 0.6) is 0 Å². The summed E-state index contributed by atoms with van der Waals surface area (Å²) in [5.74, 6) is 0.206. The Balaban J connectivity index is 2.11. The molecule has 0 aromatic carbocycles. The molecule has 0 aliphatic carbocycles. The van der Waals surface area contributed by atoms with Crippen molar-refractivity contribution >= 4 is 22.4 Å². The minimum absolute atomic E-state index is 0.208. The molecule has 0 saturated heterocycles. The SMILES string of the molecule is CCC(CC)c1nnc(NC(=O)c2cc(C)nn2C)s1. The molecule has 108 valence electrons. The molecule has 2 rings (SSSR count). The summed E-state index contributed by atoms with van der Waals surface area (Å²) in [6.45, 7) is 6.12. The second kappa shape index (κ2) is 6.13. The molecule has 7 heteroatoms. The summed E-state index contributed by atoms with van der Waals surface area (Å²) in [5, 5.41) is 16.7. The van der Waals surface area contributed by atoms with Crippen LogP contribution in [0.3, 0.4) is 0 Å². The number of anilines is 1. The van der Waals surface area contributed by atoms with E-state index < -0.39 is 0 Å². The second-order valence-corrected chi connectivity index (χ2v) is 5.72. The molecule has 2 aromatic rings. The van der Waals surface area contributed by atoms with E-state index in [4.69, 9.17) is 0 Å². The first-order valence-corrected chi connectivity index (χ1v) is 7.52. The van der Waals surface area contributed by atoms with Crippen molar-refractivity contribution in [1.82, 2.24) is 20.0 Å². The summed E-state index contributed by atoms with van der Waals surface area (Å²) < 4.78 is 1.56. The average molecular weight is 293 g/mol. The fourth-order valence-electron chi connectivity index (χ4n) is 2.07. The second-order valence-electron chi connectivity index (χ2n) is 4.71. The van der Waals surface area contributed by atoms with Gasteiger partial charge in [-0.3, -0.25) is 14.8 Å². The molecular formula is C13H19N5OS. The highest BCUT2D eigenvalue weighted by Crippen LogP contribution is 2.28. The Hall–Kier alpha value is -1.76. The number of hydrogen-bond donors (Lipinski definition) is 1. The van der Waals surface area contributed by atoms with Crippen LogP contribution in [0.1, 0.15) is 53.8 Å². The number of hydrogen-bond acceptors (Lipinski definition) is 5. The van der Waals surface area contributed by atoms with Gasteiger partial charge in [-0.25, -0.2) is 0 Å². The van der Waals surface area contributed by atoms with E-state index in [-0.39, 0.29) is 5.91 Å². The van der Waals surface area contributed by atoms with E-state index in [1.165, 1.54) is 11.3 Å². The Labute approximate surface area is 122 Å². The molecule has 0 saturated carbocycles. The molecule has 2 aromatic heterocycles. The van der Waals surface area contributed by atoms with E-state index in [1.54, 1.807) is 17.8 Å². The Morgan fingerprint density at radius 1 is 1.40 bits per heavy atom. The van der Waals surface area contributed by atoms with Crippen LogP contribution >= 0.6 is 11.3 Å². The maximum Gasteiger partial charge on any atom is 0.275 e. The van der Waals surface area contributed by atoms with Crippen LogP contribution in [0.2, 0.25) is 0 Å². The third-order valence-electron chi connectivity index (χ3n) is 3.23. The van der Waals surface area contributed by atoms with E-state index >= 15 is 0 Å². The number of rotatable bonds is 5. The molecule has 0 spiro atoms. The standard InChI is InChI=1S/C13H19N5OS/c1-5-9(6-2)12-15-16-13(20-12)14-11(19)10-7-8(3)17-18(10)4/h7,9H,5-6H2,1-4H3,(H,14,16,19). The molecule has 0 aliphatic rings. The lowest BCUT2D eigenvalue weighted by atomic mass is 10.1. The first-order chi connectivity index (χ1) is 9.55. The van der Waals surface area contributed by atoms with Crippen LogP contribution in [0.15, 0.2) is 6.07 Å². The fraction of sp³-hybridized carbons (Fsp3) is 0.538. The summed E-state index contributed by atoms with van der Waals surface area (Å²) in [4.78, 5) is 12.1. The van der Waals surface area contributed by atoms with Gasteiger partial charge < -0.3 is 0 Å². The maximum atomic E-state index is 12.1. The van der Waals surface area contributed by atoms with Crippen LogP contribution in [-0.2, 0) is 7.05 Å². The van der Waals surface area contributed by atoms with E-state index in [1.807, 2.05) is 6.92 Å². The first kappa shape index (κ1) is 14.6. The summed E-state index contributed by atoms with van der Waals surface area (Å²) >= 11 is 1.44.